The van der Waals surface area contributed by atoms with Crippen LogP contribution in [0, 0.1) is 0 Å². The number of fused-ring (bicyclic) bond motifs is 1. The van der Waals surface area contributed by atoms with E-state index in [1.807, 2.05) is 0 Å². The predicted molar refractivity (Wildman–Crippen MR) is 85.5 cm³/mol. The average molecular weight is 358 g/mol. The molecule has 0 unspecified atom stereocenters. The second-order valence-electron chi connectivity index (χ2n) is 5.17. The minimum atomic E-state index is 0.404. The van der Waals surface area contributed by atoms with Gasteiger partial charge in [-0.25, -0.2) is 4.98 Å². The summed E-state index contributed by atoms with van der Waals surface area (Å²) in [4.78, 5) is 4.74. The molecule has 3 rings (SSSR count). The average Bonchev–Trinajstić information content (AvgIpc) is 2.71. The zero-order valence-electron chi connectivity index (χ0n) is 11.5. The third-order valence-electron chi connectivity index (χ3n) is 3.88. The maximum absolute atomic E-state index is 5.92. The summed E-state index contributed by atoms with van der Waals surface area (Å²) in [5.41, 5.74) is 2.24. The molecule has 3 nitrogen and oxygen atoms in total. The molecule has 1 aromatic carbocycles. The van der Waals surface area contributed by atoms with Crippen molar-refractivity contribution >= 4 is 38.6 Å². The Labute approximate surface area is 132 Å². The number of alkyl halides is 1. The van der Waals surface area contributed by atoms with Gasteiger partial charge in [0.15, 0.2) is 0 Å². The molecule has 1 aromatic heterocycles. The number of hydrogen-bond donors (Lipinski definition) is 0. The zero-order chi connectivity index (χ0) is 14.1. The van der Waals surface area contributed by atoms with Crippen molar-refractivity contribution in [3.05, 3.63) is 28.5 Å². The lowest BCUT2D eigenvalue weighted by Gasteiger charge is -2.37. The van der Waals surface area contributed by atoms with Gasteiger partial charge in [0.05, 0.1) is 17.1 Å². The molecule has 108 valence electrons. The summed E-state index contributed by atoms with van der Waals surface area (Å²) in [6, 6.07) is 6.78. The molecule has 5 heteroatoms. The molecule has 1 fully saturated rings. The van der Waals surface area contributed by atoms with E-state index in [0.29, 0.717) is 18.0 Å². The standard InChI is InChI=1S/C15H18BrClN2O/c1-2-20-12-8-11(9-12)19-14-4-3-10(16)7-13(14)18-15(19)5-6-17/h3-4,7,11-12H,2,5-6,8-9H2,1H3. The minimum Gasteiger partial charge on any atom is -0.378 e. The molecule has 1 aliphatic rings. The molecule has 1 heterocycles. The van der Waals surface area contributed by atoms with E-state index in [-0.39, 0.29) is 0 Å². The summed E-state index contributed by atoms with van der Waals surface area (Å²) in [5, 5.41) is 0. The van der Waals surface area contributed by atoms with Crippen LogP contribution in [0.15, 0.2) is 22.7 Å². The fourth-order valence-corrected chi connectivity index (χ4v) is 3.43. The number of benzene rings is 1. The maximum Gasteiger partial charge on any atom is 0.111 e. The Bertz CT molecular complexity index is 607. The van der Waals surface area contributed by atoms with Crippen LogP contribution in [0.2, 0.25) is 0 Å². The quantitative estimate of drug-likeness (QED) is 0.745. The molecular weight excluding hydrogens is 340 g/mol. The molecule has 0 aliphatic heterocycles. The van der Waals surface area contributed by atoms with Gasteiger partial charge >= 0.3 is 0 Å². The van der Waals surface area contributed by atoms with Crippen LogP contribution in [0.4, 0.5) is 0 Å². The van der Waals surface area contributed by atoms with Crippen LogP contribution in [0.25, 0.3) is 11.0 Å². The number of halogens is 2. The normalized spacial score (nSPS) is 22.1. The number of aromatic nitrogens is 2. The van der Waals surface area contributed by atoms with Gasteiger partial charge in [-0.05, 0) is 38.0 Å². The maximum atomic E-state index is 5.92. The van der Waals surface area contributed by atoms with Crippen LogP contribution < -0.4 is 0 Å². The Kier molecular flexibility index (Phi) is 4.34. The second kappa shape index (κ2) is 6.04. The van der Waals surface area contributed by atoms with E-state index in [4.69, 9.17) is 21.3 Å². The third kappa shape index (κ3) is 2.61. The van der Waals surface area contributed by atoms with Gasteiger partial charge in [0.25, 0.3) is 0 Å². The van der Waals surface area contributed by atoms with Crippen molar-refractivity contribution in [3.8, 4) is 0 Å². The number of nitrogens with zero attached hydrogens (tertiary/aromatic N) is 2. The monoisotopic (exact) mass is 356 g/mol. The van der Waals surface area contributed by atoms with Crippen LogP contribution >= 0.6 is 27.5 Å². The van der Waals surface area contributed by atoms with Gasteiger partial charge in [0.2, 0.25) is 0 Å². The Morgan fingerprint density at radius 3 is 2.95 bits per heavy atom. The van der Waals surface area contributed by atoms with E-state index in [1.165, 1.54) is 5.52 Å². The Hall–Kier alpha value is -0.580. The van der Waals surface area contributed by atoms with Crippen molar-refractivity contribution in [2.75, 3.05) is 12.5 Å². The third-order valence-corrected chi connectivity index (χ3v) is 4.56. The molecule has 2 aromatic rings. The molecule has 0 atom stereocenters. The SMILES string of the molecule is CCOC1CC(n2c(CCCl)nc3cc(Br)ccc32)C1. The topological polar surface area (TPSA) is 27.1 Å². The van der Waals surface area contributed by atoms with E-state index in [2.05, 4.69) is 45.6 Å². The summed E-state index contributed by atoms with van der Waals surface area (Å²) in [7, 11) is 0. The summed E-state index contributed by atoms with van der Waals surface area (Å²) in [6.45, 7) is 2.85. The summed E-state index contributed by atoms with van der Waals surface area (Å²) >= 11 is 9.43. The first kappa shape index (κ1) is 14.4. The van der Waals surface area contributed by atoms with Crippen molar-refractivity contribution in [1.82, 2.24) is 9.55 Å². The highest BCUT2D eigenvalue weighted by atomic mass is 79.9. The zero-order valence-corrected chi connectivity index (χ0v) is 13.8. The highest BCUT2D eigenvalue weighted by Gasteiger charge is 2.33. The first-order valence-electron chi connectivity index (χ1n) is 7.06. The summed E-state index contributed by atoms with van der Waals surface area (Å²) in [6.07, 6.45) is 3.36. The van der Waals surface area contributed by atoms with Crippen molar-refractivity contribution < 1.29 is 4.74 Å². The molecule has 1 aliphatic carbocycles. The van der Waals surface area contributed by atoms with E-state index in [0.717, 1.165) is 41.7 Å². The molecule has 0 N–H and O–H groups in total. The van der Waals surface area contributed by atoms with Crippen molar-refractivity contribution in [3.63, 3.8) is 0 Å². The summed E-state index contributed by atoms with van der Waals surface area (Å²) < 4.78 is 9.09. The molecule has 0 amide bonds. The molecule has 0 spiro atoms. The van der Waals surface area contributed by atoms with Crippen molar-refractivity contribution in [2.45, 2.75) is 38.3 Å². The fourth-order valence-electron chi connectivity index (χ4n) is 2.91. The van der Waals surface area contributed by atoms with E-state index in [9.17, 15) is 0 Å². The highest BCUT2D eigenvalue weighted by Crippen LogP contribution is 2.38. The lowest BCUT2D eigenvalue weighted by molar-refractivity contribution is -0.0192. The van der Waals surface area contributed by atoms with Crippen LogP contribution in [0.1, 0.15) is 31.6 Å². The molecular formula is C15H18BrClN2O. The van der Waals surface area contributed by atoms with Crippen molar-refractivity contribution in [1.29, 1.82) is 0 Å². The van der Waals surface area contributed by atoms with Gasteiger partial charge in [0.1, 0.15) is 5.82 Å². The fraction of sp³-hybridized carbons (Fsp3) is 0.533. The van der Waals surface area contributed by atoms with E-state index in [1.54, 1.807) is 0 Å². The first-order valence-corrected chi connectivity index (χ1v) is 8.39. The highest BCUT2D eigenvalue weighted by molar-refractivity contribution is 9.10. The molecule has 20 heavy (non-hydrogen) atoms. The number of ether oxygens (including phenoxy) is 1. The Balaban J connectivity index is 1.93. The largest absolute Gasteiger partial charge is 0.378 e. The van der Waals surface area contributed by atoms with Crippen molar-refractivity contribution in [2.24, 2.45) is 0 Å². The van der Waals surface area contributed by atoms with Crippen LogP contribution in [0.5, 0.6) is 0 Å². The van der Waals surface area contributed by atoms with Gasteiger partial charge < -0.3 is 9.30 Å². The van der Waals surface area contributed by atoms with Gasteiger partial charge in [-0.2, -0.15) is 0 Å². The Morgan fingerprint density at radius 1 is 1.45 bits per heavy atom. The van der Waals surface area contributed by atoms with Gasteiger partial charge in [-0.3, -0.25) is 0 Å². The summed E-state index contributed by atoms with van der Waals surface area (Å²) in [5.74, 6) is 1.69. The number of imidazole rings is 1. The van der Waals surface area contributed by atoms with E-state index < -0.39 is 0 Å². The lowest BCUT2D eigenvalue weighted by Crippen LogP contribution is -2.34. The van der Waals surface area contributed by atoms with Gasteiger partial charge in [0, 0.05) is 29.4 Å². The van der Waals surface area contributed by atoms with Gasteiger partial charge in [-0.1, -0.05) is 15.9 Å². The number of rotatable bonds is 5. The van der Waals surface area contributed by atoms with Crippen LogP contribution in [0.3, 0.4) is 0 Å². The molecule has 0 saturated heterocycles. The van der Waals surface area contributed by atoms with Gasteiger partial charge in [-0.15, -0.1) is 11.6 Å². The van der Waals surface area contributed by atoms with Crippen LogP contribution in [-0.2, 0) is 11.2 Å². The number of aryl methyl sites for hydroxylation is 1. The predicted octanol–water partition coefficient (Wildman–Crippen LogP) is 4.32. The minimum absolute atomic E-state index is 0.404. The second-order valence-corrected chi connectivity index (χ2v) is 6.47. The first-order chi connectivity index (χ1) is 9.72. The number of hydrogen-bond acceptors (Lipinski definition) is 2. The Morgan fingerprint density at radius 2 is 2.25 bits per heavy atom. The molecule has 1 saturated carbocycles. The molecule has 0 radical (unpaired) electrons. The van der Waals surface area contributed by atoms with Crippen LogP contribution in [-0.4, -0.2) is 28.1 Å². The van der Waals surface area contributed by atoms with E-state index >= 15 is 0 Å². The molecule has 0 bridgehead atoms. The lowest BCUT2D eigenvalue weighted by atomic mass is 9.88. The smallest absolute Gasteiger partial charge is 0.111 e.